The van der Waals surface area contributed by atoms with Crippen molar-refractivity contribution in [2.75, 3.05) is 19.8 Å². The number of aromatic nitrogens is 2. The fraction of sp³-hybridized carbons (Fsp3) is 0.444. The number of halogens is 2. The molecule has 1 N–H and O–H groups in total. The van der Waals surface area contributed by atoms with Crippen molar-refractivity contribution in [3.8, 4) is 17.3 Å². The van der Waals surface area contributed by atoms with Gasteiger partial charge in [0.2, 0.25) is 5.88 Å². The highest BCUT2D eigenvalue weighted by Crippen LogP contribution is 2.35. The first-order valence-corrected chi connectivity index (χ1v) is 12.1. The molecule has 2 aromatic carbocycles. The van der Waals surface area contributed by atoms with Crippen LogP contribution in [-0.2, 0) is 11.3 Å². The Balaban J connectivity index is 1.60. The summed E-state index contributed by atoms with van der Waals surface area (Å²) in [5.74, 6) is 0.669. The lowest BCUT2D eigenvalue weighted by atomic mass is 10.2. The molecular formula is C27H33F2N3O3. The minimum absolute atomic E-state index is 0.286. The lowest BCUT2D eigenvalue weighted by Crippen LogP contribution is -2.36. The van der Waals surface area contributed by atoms with Crippen molar-refractivity contribution in [1.29, 1.82) is 0 Å². The number of ether oxygens (including phenoxy) is 2. The van der Waals surface area contributed by atoms with Crippen molar-refractivity contribution < 1.29 is 23.4 Å². The van der Waals surface area contributed by atoms with Crippen LogP contribution in [0.25, 0.3) is 5.69 Å². The SMILES string of the molecule is Cc1nn(-c2ccc(F)cc2)c(Oc2ccc(F)cc2)c1CN(C[C@H](O)COCC(C)C)C1CC1. The standard InChI is InChI=1S/C27H33F2N3O3/c1-18(2)16-34-17-24(33)14-31(22-10-11-22)15-26-19(3)30-32(23-8-4-20(28)5-9-23)27(26)35-25-12-6-21(29)7-13-25/h4-9,12-13,18,22,24,33H,10-11,14-17H2,1-3H3/t24-/m0/s1. The fourth-order valence-corrected chi connectivity index (χ4v) is 3.95. The van der Waals surface area contributed by atoms with Crippen LogP contribution in [0.5, 0.6) is 11.6 Å². The quantitative estimate of drug-likeness (QED) is 0.380. The number of hydrogen-bond donors (Lipinski definition) is 1. The summed E-state index contributed by atoms with van der Waals surface area (Å²) in [5.41, 5.74) is 2.28. The number of aryl methyl sites for hydroxylation is 1. The van der Waals surface area contributed by atoms with E-state index in [1.54, 1.807) is 28.9 Å². The van der Waals surface area contributed by atoms with Gasteiger partial charge in [0, 0.05) is 25.7 Å². The second-order valence-corrected chi connectivity index (χ2v) is 9.56. The summed E-state index contributed by atoms with van der Waals surface area (Å²) in [6, 6.07) is 12.2. The number of benzene rings is 2. The third-order valence-corrected chi connectivity index (χ3v) is 5.87. The van der Waals surface area contributed by atoms with Gasteiger partial charge >= 0.3 is 0 Å². The van der Waals surface area contributed by atoms with Crippen molar-refractivity contribution >= 4 is 0 Å². The van der Waals surface area contributed by atoms with E-state index in [1.807, 2.05) is 6.92 Å². The van der Waals surface area contributed by atoms with Gasteiger partial charge in [0.1, 0.15) is 17.4 Å². The van der Waals surface area contributed by atoms with E-state index in [-0.39, 0.29) is 18.2 Å². The van der Waals surface area contributed by atoms with Gasteiger partial charge in [-0.25, -0.2) is 13.5 Å². The van der Waals surface area contributed by atoms with Crippen LogP contribution in [0.15, 0.2) is 48.5 Å². The molecule has 0 unspecified atom stereocenters. The maximum absolute atomic E-state index is 13.6. The fourth-order valence-electron chi connectivity index (χ4n) is 3.95. The normalized spacial score (nSPS) is 14.6. The molecule has 1 saturated carbocycles. The number of aliphatic hydroxyl groups excluding tert-OH is 1. The van der Waals surface area contributed by atoms with E-state index in [1.165, 1.54) is 24.3 Å². The summed E-state index contributed by atoms with van der Waals surface area (Å²) in [6.07, 6.45) is 1.53. The summed E-state index contributed by atoms with van der Waals surface area (Å²) in [6.45, 7) is 7.95. The minimum Gasteiger partial charge on any atom is -0.439 e. The van der Waals surface area contributed by atoms with Crippen LogP contribution < -0.4 is 4.74 Å². The molecule has 1 aliphatic rings. The Hall–Kier alpha value is -2.81. The Bertz CT molecular complexity index is 1100. The second-order valence-electron chi connectivity index (χ2n) is 9.56. The van der Waals surface area contributed by atoms with Gasteiger partial charge < -0.3 is 14.6 Å². The highest BCUT2D eigenvalue weighted by molar-refractivity contribution is 5.43. The molecule has 8 heteroatoms. The zero-order chi connectivity index (χ0) is 24.9. The zero-order valence-corrected chi connectivity index (χ0v) is 20.5. The van der Waals surface area contributed by atoms with Crippen LogP contribution in [0, 0.1) is 24.5 Å². The van der Waals surface area contributed by atoms with Crippen LogP contribution in [0.1, 0.15) is 37.9 Å². The predicted octanol–water partition coefficient (Wildman–Crippen LogP) is 5.25. The monoisotopic (exact) mass is 485 g/mol. The Labute approximate surface area is 205 Å². The van der Waals surface area contributed by atoms with Crippen LogP contribution in [0.4, 0.5) is 8.78 Å². The summed E-state index contributed by atoms with van der Waals surface area (Å²) >= 11 is 0. The Morgan fingerprint density at radius 2 is 1.66 bits per heavy atom. The van der Waals surface area contributed by atoms with Gasteiger partial charge in [-0.15, -0.1) is 0 Å². The molecule has 1 fully saturated rings. The first kappa shape index (κ1) is 25.3. The molecule has 0 radical (unpaired) electrons. The molecule has 1 aromatic heterocycles. The summed E-state index contributed by atoms with van der Waals surface area (Å²) in [7, 11) is 0. The van der Waals surface area contributed by atoms with Gasteiger partial charge in [0.15, 0.2) is 0 Å². The lowest BCUT2D eigenvalue weighted by Gasteiger charge is -2.25. The Morgan fingerprint density at radius 3 is 2.26 bits per heavy atom. The van der Waals surface area contributed by atoms with Gasteiger partial charge in [-0.2, -0.15) is 5.10 Å². The van der Waals surface area contributed by atoms with Crippen molar-refractivity contribution in [3.63, 3.8) is 0 Å². The van der Waals surface area contributed by atoms with Crippen LogP contribution >= 0.6 is 0 Å². The average Bonchev–Trinajstić information content (AvgIpc) is 3.62. The summed E-state index contributed by atoms with van der Waals surface area (Å²) in [5, 5.41) is 15.3. The highest BCUT2D eigenvalue weighted by atomic mass is 19.1. The lowest BCUT2D eigenvalue weighted by molar-refractivity contribution is 0.00536. The molecule has 3 aromatic rings. The number of rotatable bonds is 12. The summed E-state index contributed by atoms with van der Waals surface area (Å²) in [4.78, 5) is 2.24. The van der Waals surface area contributed by atoms with E-state index >= 15 is 0 Å². The molecular weight excluding hydrogens is 452 g/mol. The molecule has 1 aliphatic carbocycles. The maximum atomic E-state index is 13.6. The van der Waals surface area contributed by atoms with Crippen molar-refractivity contribution in [2.24, 2.45) is 5.92 Å². The average molecular weight is 486 g/mol. The number of aliphatic hydroxyl groups is 1. The molecule has 0 spiro atoms. The molecule has 35 heavy (non-hydrogen) atoms. The van der Waals surface area contributed by atoms with Gasteiger partial charge in [-0.05, 0) is 74.2 Å². The predicted molar refractivity (Wildman–Crippen MR) is 130 cm³/mol. The Kier molecular flexibility index (Phi) is 8.15. The topological polar surface area (TPSA) is 59.8 Å². The van der Waals surface area contributed by atoms with Gasteiger partial charge in [-0.3, -0.25) is 4.90 Å². The van der Waals surface area contributed by atoms with Gasteiger partial charge in [-0.1, -0.05) is 13.8 Å². The van der Waals surface area contributed by atoms with E-state index in [0.29, 0.717) is 49.0 Å². The number of nitrogens with zero attached hydrogens (tertiary/aromatic N) is 3. The third kappa shape index (κ3) is 6.87. The second kappa shape index (κ2) is 11.3. The number of hydrogen-bond acceptors (Lipinski definition) is 5. The molecule has 188 valence electrons. The highest BCUT2D eigenvalue weighted by Gasteiger charge is 2.32. The Morgan fingerprint density at radius 1 is 1.03 bits per heavy atom. The molecule has 0 aliphatic heterocycles. The van der Waals surface area contributed by atoms with Gasteiger partial charge in [0.25, 0.3) is 0 Å². The van der Waals surface area contributed by atoms with Crippen LogP contribution in [-0.4, -0.2) is 51.7 Å². The van der Waals surface area contributed by atoms with Crippen LogP contribution in [0.2, 0.25) is 0 Å². The van der Waals surface area contributed by atoms with Gasteiger partial charge in [0.05, 0.1) is 29.7 Å². The molecule has 6 nitrogen and oxygen atoms in total. The smallest absolute Gasteiger partial charge is 0.227 e. The van der Waals surface area contributed by atoms with E-state index in [4.69, 9.17) is 9.47 Å². The first-order chi connectivity index (χ1) is 16.8. The van der Waals surface area contributed by atoms with Crippen LogP contribution in [0.3, 0.4) is 0 Å². The largest absolute Gasteiger partial charge is 0.439 e. The molecule has 1 atom stereocenters. The molecule has 1 heterocycles. The summed E-state index contributed by atoms with van der Waals surface area (Å²) < 4.78 is 40.5. The molecule has 0 bridgehead atoms. The maximum Gasteiger partial charge on any atom is 0.227 e. The van der Waals surface area contributed by atoms with E-state index in [2.05, 4.69) is 23.8 Å². The van der Waals surface area contributed by atoms with E-state index < -0.39 is 6.10 Å². The van der Waals surface area contributed by atoms with Crippen molar-refractivity contribution in [3.05, 3.63) is 71.4 Å². The molecule has 4 rings (SSSR count). The van der Waals surface area contributed by atoms with Crippen molar-refractivity contribution in [1.82, 2.24) is 14.7 Å². The van der Waals surface area contributed by atoms with E-state index in [0.717, 1.165) is 24.1 Å². The molecule has 0 saturated heterocycles. The zero-order valence-electron chi connectivity index (χ0n) is 20.5. The van der Waals surface area contributed by atoms with Crippen molar-refractivity contribution in [2.45, 2.75) is 52.3 Å². The third-order valence-electron chi connectivity index (χ3n) is 5.87. The van der Waals surface area contributed by atoms with E-state index in [9.17, 15) is 13.9 Å². The minimum atomic E-state index is -0.608. The first-order valence-electron chi connectivity index (χ1n) is 12.1. The molecule has 0 amide bonds.